The zero-order chi connectivity index (χ0) is 11.0. The molecule has 1 saturated heterocycles. The predicted octanol–water partition coefficient (Wildman–Crippen LogP) is 1.61. The van der Waals surface area contributed by atoms with Crippen molar-refractivity contribution in [3.05, 3.63) is 24.0 Å². The van der Waals surface area contributed by atoms with E-state index in [-0.39, 0.29) is 0 Å². The Morgan fingerprint density at radius 2 is 2.38 bits per heavy atom. The van der Waals surface area contributed by atoms with Crippen LogP contribution in [0.5, 0.6) is 0 Å². The van der Waals surface area contributed by atoms with E-state index in [0.29, 0.717) is 0 Å². The van der Waals surface area contributed by atoms with Crippen molar-refractivity contribution >= 4 is 23.2 Å². The lowest BCUT2D eigenvalue weighted by Crippen LogP contribution is -2.08. The second kappa shape index (κ2) is 3.97. The van der Waals surface area contributed by atoms with Crippen LogP contribution in [0.3, 0.4) is 0 Å². The average molecular weight is 234 g/mol. The molecule has 5 heteroatoms. The van der Waals surface area contributed by atoms with Crippen LogP contribution in [0.15, 0.2) is 18.2 Å². The molecule has 1 aliphatic rings. The van der Waals surface area contributed by atoms with Crippen molar-refractivity contribution in [3.8, 4) is 0 Å². The van der Waals surface area contributed by atoms with E-state index in [1.54, 1.807) is 0 Å². The second-order valence-electron chi connectivity index (χ2n) is 4.19. The topological polar surface area (TPSA) is 56.2 Å². The fourth-order valence-corrected chi connectivity index (χ4v) is 3.45. The van der Waals surface area contributed by atoms with Gasteiger partial charge in [0, 0.05) is 6.42 Å². The molecule has 84 valence electrons. The first kappa shape index (κ1) is 9.96. The van der Waals surface area contributed by atoms with Crippen LogP contribution >= 0.6 is 11.8 Å². The molecule has 0 aliphatic carbocycles. The van der Waals surface area contributed by atoms with Crippen molar-refractivity contribution in [2.75, 3.05) is 17.2 Å². The Kier molecular flexibility index (Phi) is 2.47. The maximum Gasteiger partial charge on any atom is 0.162 e. The third-order valence-corrected chi connectivity index (χ3v) is 4.25. The normalized spacial score (nSPS) is 20.6. The highest BCUT2D eigenvalue weighted by molar-refractivity contribution is 7.99. The number of rotatable bonds is 2. The predicted molar refractivity (Wildman–Crippen MR) is 66.5 cm³/mol. The molecule has 3 heterocycles. The molecule has 2 aromatic heterocycles. The molecule has 0 saturated carbocycles. The Balaban J connectivity index is 1.97. The van der Waals surface area contributed by atoms with Crippen LogP contribution in [0, 0.1) is 5.92 Å². The van der Waals surface area contributed by atoms with E-state index in [1.165, 1.54) is 17.9 Å². The van der Waals surface area contributed by atoms with Crippen molar-refractivity contribution in [1.82, 2.24) is 14.6 Å². The maximum atomic E-state index is 5.95. The Hall–Kier alpha value is -1.23. The summed E-state index contributed by atoms with van der Waals surface area (Å²) < 4.78 is 1.96. The van der Waals surface area contributed by atoms with Gasteiger partial charge < -0.3 is 5.73 Å². The van der Waals surface area contributed by atoms with Gasteiger partial charge in [0.05, 0.1) is 0 Å². The van der Waals surface area contributed by atoms with Gasteiger partial charge in [-0.15, -0.1) is 10.2 Å². The summed E-state index contributed by atoms with van der Waals surface area (Å²) in [6, 6.07) is 5.74. The van der Waals surface area contributed by atoms with E-state index in [4.69, 9.17) is 5.73 Å². The number of nitrogens with zero attached hydrogens (tertiary/aromatic N) is 3. The molecule has 0 radical (unpaired) electrons. The molecule has 1 aliphatic heterocycles. The molecule has 16 heavy (non-hydrogen) atoms. The largest absolute Gasteiger partial charge is 0.385 e. The minimum Gasteiger partial charge on any atom is -0.385 e. The first-order chi connectivity index (χ1) is 7.84. The van der Waals surface area contributed by atoms with Crippen molar-refractivity contribution in [2.24, 2.45) is 5.92 Å². The van der Waals surface area contributed by atoms with Crippen LogP contribution < -0.4 is 5.73 Å². The number of hydrogen-bond acceptors (Lipinski definition) is 4. The molecular weight excluding hydrogens is 220 g/mol. The van der Waals surface area contributed by atoms with Crippen molar-refractivity contribution in [2.45, 2.75) is 12.8 Å². The zero-order valence-electron chi connectivity index (χ0n) is 8.97. The lowest BCUT2D eigenvalue weighted by molar-refractivity contribution is 0.573. The maximum absolute atomic E-state index is 5.95. The molecule has 0 spiro atoms. The van der Waals surface area contributed by atoms with E-state index in [9.17, 15) is 0 Å². The molecular formula is C11H14N4S. The summed E-state index contributed by atoms with van der Waals surface area (Å²) in [5.74, 6) is 4.97. The van der Waals surface area contributed by atoms with Gasteiger partial charge in [-0.2, -0.15) is 11.8 Å². The fraction of sp³-hybridized carbons (Fsp3) is 0.455. The van der Waals surface area contributed by atoms with Crippen LogP contribution in [-0.4, -0.2) is 26.1 Å². The molecule has 2 N–H and O–H groups in total. The van der Waals surface area contributed by atoms with Crippen LogP contribution in [0.1, 0.15) is 12.2 Å². The lowest BCUT2D eigenvalue weighted by atomic mass is 10.1. The van der Waals surface area contributed by atoms with Crippen molar-refractivity contribution < 1.29 is 0 Å². The monoisotopic (exact) mass is 234 g/mol. The number of pyridine rings is 1. The molecule has 4 nitrogen and oxygen atoms in total. The minimum absolute atomic E-state index is 0.725. The Morgan fingerprint density at radius 1 is 1.44 bits per heavy atom. The van der Waals surface area contributed by atoms with Gasteiger partial charge >= 0.3 is 0 Å². The minimum atomic E-state index is 0.725. The number of aromatic nitrogens is 3. The molecule has 0 aromatic carbocycles. The SMILES string of the molecule is Nc1cccc2nnc(CC3CCSC3)n12. The Labute approximate surface area is 98.2 Å². The van der Waals surface area contributed by atoms with E-state index in [0.717, 1.165) is 29.6 Å². The van der Waals surface area contributed by atoms with Gasteiger partial charge in [0.25, 0.3) is 0 Å². The molecule has 3 rings (SSSR count). The van der Waals surface area contributed by atoms with E-state index in [2.05, 4.69) is 10.2 Å². The smallest absolute Gasteiger partial charge is 0.162 e. The third-order valence-electron chi connectivity index (χ3n) is 3.02. The van der Waals surface area contributed by atoms with Gasteiger partial charge in [-0.3, -0.25) is 4.40 Å². The summed E-state index contributed by atoms with van der Waals surface area (Å²) >= 11 is 2.02. The summed E-state index contributed by atoms with van der Waals surface area (Å²) in [4.78, 5) is 0. The third kappa shape index (κ3) is 1.65. The summed E-state index contributed by atoms with van der Waals surface area (Å²) in [6.45, 7) is 0. The summed E-state index contributed by atoms with van der Waals surface area (Å²) in [7, 11) is 0. The highest BCUT2D eigenvalue weighted by Gasteiger charge is 2.19. The van der Waals surface area contributed by atoms with Gasteiger partial charge in [0.15, 0.2) is 5.65 Å². The molecule has 1 unspecified atom stereocenters. The number of nitrogen functional groups attached to an aromatic ring is 1. The number of nitrogens with two attached hydrogens (primary N) is 1. The van der Waals surface area contributed by atoms with Crippen LogP contribution in [-0.2, 0) is 6.42 Å². The van der Waals surface area contributed by atoms with Gasteiger partial charge in [0.1, 0.15) is 11.6 Å². The average Bonchev–Trinajstić information content (AvgIpc) is 2.90. The summed E-state index contributed by atoms with van der Waals surface area (Å²) in [6.07, 6.45) is 2.27. The molecule has 0 amide bonds. The van der Waals surface area contributed by atoms with Crippen LogP contribution in [0.2, 0.25) is 0 Å². The van der Waals surface area contributed by atoms with Crippen LogP contribution in [0.4, 0.5) is 5.82 Å². The summed E-state index contributed by atoms with van der Waals surface area (Å²) in [5.41, 5.74) is 6.80. The molecule has 0 bridgehead atoms. The first-order valence-corrected chi connectivity index (χ1v) is 6.66. The van der Waals surface area contributed by atoms with Gasteiger partial charge in [-0.1, -0.05) is 6.07 Å². The lowest BCUT2D eigenvalue weighted by Gasteiger charge is -2.07. The Bertz CT molecular complexity index is 502. The fourth-order valence-electron chi connectivity index (χ4n) is 2.16. The van der Waals surface area contributed by atoms with Crippen molar-refractivity contribution in [3.63, 3.8) is 0 Å². The zero-order valence-corrected chi connectivity index (χ0v) is 9.78. The summed E-state index contributed by atoms with van der Waals surface area (Å²) in [5, 5.41) is 8.39. The molecule has 1 atom stereocenters. The second-order valence-corrected chi connectivity index (χ2v) is 5.34. The van der Waals surface area contributed by atoms with Crippen LogP contribution in [0.25, 0.3) is 5.65 Å². The van der Waals surface area contributed by atoms with Gasteiger partial charge in [-0.25, -0.2) is 0 Å². The van der Waals surface area contributed by atoms with E-state index < -0.39 is 0 Å². The Morgan fingerprint density at radius 3 is 3.19 bits per heavy atom. The van der Waals surface area contributed by atoms with E-state index >= 15 is 0 Å². The van der Waals surface area contributed by atoms with Gasteiger partial charge in [0.2, 0.25) is 0 Å². The van der Waals surface area contributed by atoms with E-state index in [1.807, 2.05) is 34.4 Å². The number of hydrogen-bond donors (Lipinski definition) is 1. The highest BCUT2D eigenvalue weighted by atomic mass is 32.2. The van der Waals surface area contributed by atoms with Gasteiger partial charge in [-0.05, 0) is 36.0 Å². The highest BCUT2D eigenvalue weighted by Crippen LogP contribution is 2.26. The molecule has 2 aromatic rings. The number of fused-ring (bicyclic) bond motifs is 1. The van der Waals surface area contributed by atoms with Crippen molar-refractivity contribution in [1.29, 1.82) is 0 Å². The quantitative estimate of drug-likeness (QED) is 0.857. The number of anilines is 1. The first-order valence-electron chi connectivity index (χ1n) is 5.51. The molecule has 1 fully saturated rings. The number of thioether (sulfide) groups is 1. The standard InChI is InChI=1S/C11H14N4S/c12-9-2-1-3-10-13-14-11(15(9)10)6-8-4-5-16-7-8/h1-3,8H,4-7,12H2.